The second kappa shape index (κ2) is 16.0. The summed E-state index contributed by atoms with van der Waals surface area (Å²) in [6.45, 7) is 0. The third-order valence-electron chi connectivity index (χ3n) is 12.7. The first-order chi connectivity index (χ1) is 31.7. The molecule has 12 rings (SSSR count). The van der Waals surface area contributed by atoms with Crippen molar-refractivity contribution < 1.29 is 0 Å². The molecule has 1 nitrogen and oxygen atoms in total. The van der Waals surface area contributed by atoms with Crippen molar-refractivity contribution in [2.45, 2.75) is 0 Å². The normalized spacial score (nSPS) is 11.4. The molecule has 0 unspecified atom stereocenters. The molecule has 1 aromatic heterocycles. The monoisotopic (exact) mass is 831 g/mol. The lowest BCUT2D eigenvalue weighted by Gasteiger charge is -2.29. The third kappa shape index (κ3) is 6.73. The van der Waals surface area contributed by atoms with Gasteiger partial charge >= 0.3 is 0 Å². The standard InChI is InChI=1S/C62H41NS/c1-4-16-43(17-5-1)52-35-30-46(38-57(52)45-20-8-3-9-21-45)42-28-32-49(33-29-42)63(50-34-37-62-59(41-50)56-26-14-15-27-61(56)64-62)60-40-48(31-36-53(60)44-18-6-2-7-19-44)58-39-47-22-10-11-23-51(47)54-24-12-13-25-55(54)58/h1-41H. The van der Waals surface area contributed by atoms with Crippen LogP contribution in [0.3, 0.4) is 0 Å². The van der Waals surface area contributed by atoms with Gasteiger partial charge in [-0.25, -0.2) is 0 Å². The molecule has 64 heavy (non-hydrogen) atoms. The molecule has 0 amide bonds. The van der Waals surface area contributed by atoms with Crippen molar-refractivity contribution in [2.24, 2.45) is 0 Å². The molecule has 0 aliphatic heterocycles. The van der Waals surface area contributed by atoms with Gasteiger partial charge in [0.1, 0.15) is 0 Å². The fourth-order valence-corrected chi connectivity index (χ4v) is 10.7. The molecule has 0 atom stereocenters. The maximum absolute atomic E-state index is 2.47. The van der Waals surface area contributed by atoms with Gasteiger partial charge in [0.25, 0.3) is 0 Å². The Labute approximate surface area is 377 Å². The van der Waals surface area contributed by atoms with E-state index in [1.54, 1.807) is 0 Å². The fourth-order valence-electron chi connectivity index (χ4n) is 9.57. The zero-order chi connectivity index (χ0) is 42.4. The minimum atomic E-state index is 1.09. The van der Waals surface area contributed by atoms with Gasteiger partial charge in [-0.05, 0) is 126 Å². The van der Waals surface area contributed by atoms with Crippen LogP contribution in [0.4, 0.5) is 17.1 Å². The number of thiophene rings is 1. The molecular weight excluding hydrogens is 791 g/mol. The molecule has 12 aromatic rings. The van der Waals surface area contributed by atoms with Crippen LogP contribution in [-0.4, -0.2) is 0 Å². The Kier molecular flexibility index (Phi) is 9.43. The maximum atomic E-state index is 2.47. The summed E-state index contributed by atoms with van der Waals surface area (Å²) in [4.78, 5) is 2.47. The molecule has 0 saturated carbocycles. The SMILES string of the molecule is c1ccc(-c2ccc(-c3ccc(N(c4ccc5sc6ccccc6c5c4)c4cc(-c5cc6ccccc6c6ccccc56)ccc4-c4ccccc4)cc3)cc2-c2ccccc2)cc1. The van der Waals surface area contributed by atoms with Crippen LogP contribution in [0.25, 0.3) is 97.4 Å². The minimum Gasteiger partial charge on any atom is -0.310 e. The summed E-state index contributed by atoms with van der Waals surface area (Å²) in [7, 11) is 0. The lowest BCUT2D eigenvalue weighted by molar-refractivity contribution is 1.29. The van der Waals surface area contributed by atoms with Crippen LogP contribution in [0.2, 0.25) is 0 Å². The van der Waals surface area contributed by atoms with Crippen LogP contribution in [0.5, 0.6) is 0 Å². The highest BCUT2D eigenvalue weighted by molar-refractivity contribution is 7.25. The zero-order valence-corrected chi connectivity index (χ0v) is 35.8. The van der Waals surface area contributed by atoms with Crippen molar-refractivity contribution >= 4 is 70.1 Å². The number of nitrogens with zero attached hydrogens (tertiary/aromatic N) is 1. The number of anilines is 3. The summed E-state index contributed by atoms with van der Waals surface area (Å²) in [5.74, 6) is 0. The van der Waals surface area contributed by atoms with Crippen molar-refractivity contribution in [1.29, 1.82) is 0 Å². The van der Waals surface area contributed by atoms with Crippen LogP contribution < -0.4 is 4.90 Å². The van der Waals surface area contributed by atoms with Gasteiger partial charge in [-0.2, -0.15) is 0 Å². The van der Waals surface area contributed by atoms with Gasteiger partial charge in [0.05, 0.1) is 5.69 Å². The van der Waals surface area contributed by atoms with Crippen molar-refractivity contribution in [3.05, 3.63) is 249 Å². The summed E-state index contributed by atoms with van der Waals surface area (Å²) in [6, 6.07) is 91.1. The maximum Gasteiger partial charge on any atom is 0.0546 e. The third-order valence-corrected chi connectivity index (χ3v) is 13.8. The Hall–Kier alpha value is -8.04. The second-order valence-corrected chi connectivity index (χ2v) is 17.5. The first-order valence-corrected chi connectivity index (χ1v) is 22.7. The molecule has 300 valence electrons. The zero-order valence-electron chi connectivity index (χ0n) is 35.0. The molecule has 0 bridgehead atoms. The van der Waals surface area contributed by atoms with Gasteiger partial charge in [-0.3, -0.25) is 0 Å². The predicted molar refractivity (Wildman–Crippen MR) is 276 cm³/mol. The molecule has 1 heterocycles. The van der Waals surface area contributed by atoms with Crippen molar-refractivity contribution in [1.82, 2.24) is 0 Å². The average molecular weight is 832 g/mol. The van der Waals surface area contributed by atoms with Gasteiger partial charge in [0.2, 0.25) is 0 Å². The molecule has 11 aromatic carbocycles. The van der Waals surface area contributed by atoms with E-state index < -0.39 is 0 Å². The van der Waals surface area contributed by atoms with Gasteiger partial charge in [0, 0.05) is 37.1 Å². The lowest BCUT2D eigenvalue weighted by Crippen LogP contribution is -2.11. The minimum absolute atomic E-state index is 1.09. The van der Waals surface area contributed by atoms with E-state index in [-0.39, 0.29) is 0 Å². The summed E-state index contributed by atoms with van der Waals surface area (Å²) in [5, 5.41) is 7.57. The molecule has 0 aliphatic carbocycles. The second-order valence-electron chi connectivity index (χ2n) is 16.4. The fraction of sp³-hybridized carbons (Fsp3) is 0. The molecule has 0 N–H and O–H groups in total. The summed E-state index contributed by atoms with van der Waals surface area (Å²) in [6.07, 6.45) is 0. The van der Waals surface area contributed by atoms with E-state index in [0.717, 1.165) is 22.6 Å². The molecule has 0 aliphatic rings. The molecular formula is C62H41NS. The van der Waals surface area contributed by atoms with E-state index in [1.807, 2.05) is 11.3 Å². The van der Waals surface area contributed by atoms with Crippen LogP contribution >= 0.6 is 11.3 Å². The number of benzene rings is 11. The highest BCUT2D eigenvalue weighted by Crippen LogP contribution is 2.47. The highest BCUT2D eigenvalue weighted by atomic mass is 32.1. The van der Waals surface area contributed by atoms with Crippen LogP contribution in [0.1, 0.15) is 0 Å². The van der Waals surface area contributed by atoms with Gasteiger partial charge in [-0.15, -0.1) is 11.3 Å². The van der Waals surface area contributed by atoms with Gasteiger partial charge < -0.3 is 4.90 Å². The van der Waals surface area contributed by atoms with Crippen LogP contribution in [0.15, 0.2) is 249 Å². The Morgan fingerprint density at radius 3 is 1.52 bits per heavy atom. The number of hydrogen-bond donors (Lipinski definition) is 0. The van der Waals surface area contributed by atoms with Crippen LogP contribution in [0, 0.1) is 0 Å². The quantitative estimate of drug-likeness (QED) is 0.138. The van der Waals surface area contributed by atoms with E-state index in [0.29, 0.717) is 0 Å². The molecule has 0 saturated heterocycles. The number of hydrogen-bond acceptors (Lipinski definition) is 2. The highest BCUT2D eigenvalue weighted by Gasteiger charge is 2.21. The molecule has 0 fully saturated rings. The van der Waals surface area contributed by atoms with Gasteiger partial charge in [-0.1, -0.05) is 194 Å². The van der Waals surface area contributed by atoms with Crippen molar-refractivity contribution in [2.75, 3.05) is 4.90 Å². The van der Waals surface area contributed by atoms with E-state index in [1.165, 1.54) is 91.8 Å². The van der Waals surface area contributed by atoms with E-state index in [4.69, 9.17) is 0 Å². The molecule has 0 spiro atoms. The van der Waals surface area contributed by atoms with Crippen LogP contribution in [-0.2, 0) is 0 Å². The average Bonchev–Trinajstić information content (AvgIpc) is 3.75. The first kappa shape index (κ1) is 37.7. The smallest absolute Gasteiger partial charge is 0.0546 e. The Morgan fingerprint density at radius 1 is 0.250 bits per heavy atom. The number of fused-ring (bicyclic) bond motifs is 6. The molecule has 2 heteroatoms. The lowest BCUT2D eigenvalue weighted by atomic mass is 9.91. The summed E-state index contributed by atoms with van der Waals surface area (Å²) >= 11 is 1.86. The predicted octanol–water partition coefficient (Wildman–Crippen LogP) is 18.2. The largest absolute Gasteiger partial charge is 0.310 e. The van der Waals surface area contributed by atoms with E-state index in [9.17, 15) is 0 Å². The Balaban J connectivity index is 1.06. The van der Waals surface area contributed by atoms with E-state index >= 15 is 0 Å². The van der Waals surface area contributed by atoms with Gasteiger partial charge in [0.15, 0.2) is 0 Å². The topological polar surface area (TPSA) is 3.24 Å². The van der Waals surface area contributed by atoms with E-state index in [2.05, 4.69) is 254 Å². The summed E-state index contributed by atoms with van der Waals surface area (Å²) < 4.78 is 2.59. The summed E-state index contributed by atoms with van der Waals surface area (Å²) in [5.41, 5.74) is 15.2. The van der Waals surface area contributed by atoms with Crippen molar-refractivity contribution in [3.8, 4) is 55.6 Å². The first-order valence-electron chi connectivity index (χ1n) is 21.9. The Bertz CT molecular complexity index is 3650. The molecule has 0 radical (unpaired) electrons. The number of rotatable bonds is 8. The Morgan fingerprint density at radius 2 is 0.781 bits per heavy atom. The van der Waals surface area contributed by atoms with Crippen molar-refractivity contribution in [3.63, 3.8) is 0 Å².